The Morgan fingerprint density at radius 1 is 1.38 bits per heavy atom. The van der Waals surface area contributed by atoms with Gasteiger partial charge in [0.25, 0.3) is 5.91 Å². The van der Waals surface area contributed by atoms with E-state index in [4.69, 9.17) is 9.26 Å². The van der Waals surface area contributed by atoms with Crippen LogP contribution in [0.1, 0.15) is 61.8 Å². The van der Waals surface area contributed by atoms with E-state index in [1.165, 1.54) is 0 Å². The predicted octanol–water partition coefficient (Wildman–Crippen LogP) is 1.94. The molecule has 0 spiro atoms. The quantitative estimate of drug-likeness (QED) is 0.852. The standard InChI is InChI=1S/C17H24N2O5/c1-4-23-12-9-17(15(21)22,16(12,2)3)18-14(20)13-10-7-5-6-8-11(10)24-19-13/h12H,4-9H2,1-3H3,(H,18,20)(H,21,22). The summed E-state index contributed by atoms with van der Waals surface area (Å²) in [6.45, 7) is 6.00. The third-order valence-corrected chi connectivity index (χ3v) is 5.62. The van der Waals surface area contributed by atoms with Crippen molar-refractivity contribution in [2.45, 2.75) is 64.5 Å². The van der Waals surface area contributed by atoms with E-state index in [9.17, 15) is 14.7 Å². The molecule has 1 saturated carbocycles. The second kappa shape index (κ2) is 5.88. The second-order valence-corrected chi connectivity index (χ2v) is 7.17. The first-order chi connectivity index (χ1) is 11.3. The molecule has 0 radical (unpaired) electrons. The van der Waals surface area contributed by atoms with Crippen molar-refractivity contribution in [1.82, 2.24) is 10.5 Å². The van der Waals surface area contributed by atoms with Crippen LogP contribution in [0.2, 0.25) is 0 Å². The van der Waals surface area contributed by atoms with Gasteiger partial charge in [0, 0.05) is 30.4 Å². The molecule has 2 N–H and O–H groups in total. The highest BCUT2D eigenvalue weighted by Gasteiger charge is 2.66. The van der Waals surface area contributed by atoms with Crippen molar-refractivity contribution < 1.29 is 24.0 Å². The van der Waals surface area contributed by atoms with Crippen LogP contribution in [0.5, 0.6) is 0 Å². The summed E-state index contributed by atoms with van der Waals surface area (Å²) in [6.07, 6.45) is 3.56. The van der Waals surface area contributed by atoms with E-state index in [1.807, 2.05) is 20.8 Å². The molecule has 3 rings (SSSR count). The summed E-state index contributed by atoms with van der Waals surface area (Å²) >= 11 is 0. The Morgan fingerprint density at radius 3 is 2.71 bits per heavy atom. The number of carbonyl (C=O) groups excluding carboxylic acids is 1. The van der Waals surface area contributed by atoms with Crippen LogP contribution < -0.4 is 5.32 Å². The summed E-state index contributed by atoms with van der Waals surface area (Å²) < 4.78 is 10.9. The van der Waals surface area contributed by atoms with Gasteiger partial charge in [-0.05, 0) is 26.2 Å². The molecule has 0 aliphatic heterocycles. The molecule has 2 unspecified atom stereocenters. The van der Waals surface area contributed by atoms with E-state index in [0.717, 1.165) is 37.0 Å². The van der Waals surface area contributed by atoms with Crippen molar-refractivity contribution in [3.63, 3.8) is 0 Å². The fourth-order valence-corrected chi connectivity index (χ4v) is 3.85. The number of aliphatic carboxylic acids is 1. The van der Waals surface area contributed by atoms with Gasteiger partial charge in [-0.15, -0.1) is 0 Å². The number of carboxylic acid groups (broad SMARTS) is 1. The number of aryl methyl sites for hydroxylation is 1. The van der Waals surface area contributed by atoms with Gasteiger partial charge >= 0.3 is 5.97 Å². The molecular formula is C17H24N2O5. The topological polar surface area (TPSA) is 102 Å². The maximum Gasteiger partial charge on any atom is 0.330 e. The third kappa shape index (κ3) is 2.33. The van der Waals surface area contributed by atoms with Gasteiger partial charge in [0.1, 0.15) is 11.3 Å². The number of hydrogen-bond donors (Lipinski definition) is 2. The van der Waals surface area contributed by atoms with Gasteiger partial charge < -0.3 is 19.7 Å². The zero-order valence-corrected chi connectivity index (χ0v) is 14.3. The molecule has 7 heteroatoms. The van der Waals surface area contributed by atoms with Crippen LogP contribution in [0.3, 0.4) is 0 Å². The largest absolute Gasteiger partial charge is 0.479 e. The molecule has 1 heterocycles. The van der Waals surface area contributed by atoms with E-state index >= 15 is 0 Å². The van der Waals surface area contributed by atoms with Gasteiger partial charge in [-0.1, -0.05) is 19.0 Å². The minimum absolute atomic E-state index is 0.204. The number of fused-ring (bicyclic) bond motifs is 1. The molecule has 2 aliphatic rings. The van der Waals surface area contributed by atoms with Crippen molar-refractivity contribution in [2.75, 3.05) is 6.61 Å². The number of amides is 1. The first-order valence-electron chi connectivity index (χ1n) is 8.48. The highest BCUT2D eigenvalue weighted by molar-refractivity contribution is 5.98. The molecule has 1 fully saturated rings. The Bertz CT molecular complexity index is 666. The smallest absolute Gasteiger partial charge is 0.330 e. The monoisotopic (exact) mass is 336 g/mol. The lowest BCUT2D eigenvalue weighted by atomic mass is 9.54. The molecule has 0 bridgehead atoms. The van der Waals surface area contributed by atoms with Gasteiger partial charge in [0.15, 0.2) is 5.69 Å². The number of carboxylic acids is 1. The summed E-state index contributed by atoms with van der Waals surface area (Å²) in [5.41, 5.74) is -1.03. The number of hydrogen-bond acceptors (Lipinski definition) is 5. The molecule has 24 heavy (non-hydrogen) atoms. The van der Waals surface area contributed by atoms with Crippen molar-refractivity contribution in [3.05, 3.63) is 17.0 Å². The van der Waals surface area contributed by atoms with E-state index in [2.05, 4.69) is 10.5 Å². The maximum atomic E-state index is 12.7. The molecule has 1 aromatic heterocycles. The van der Waals surface area contributed by atoms with Crippen LogP contribution in [-0.4, -0.2) is 40.4 Å². The van der Waals surface area contributed by atoms with Crippen LogP contribution in [0.15, 0.2) is 4.52 Å². The SMILES string of the molecule is CCOC1CC(NC(=O)c2noc3c2CCCC3)(C(=O)O)C1(C)C. The zero-order chi connectivity index (χ0) is 17.5. The van der Waals surface area contributed by atoms with Crippen LogP contribution in [0.4, 0.5) is 0 Å². The van der Waals surface area contributed by atoms with Gasteiger partial charge in [-0.3, -0.25) is 4.79 Å². The average Bonchev–Trinajstić information content (AvgIpc) is 2.97. The number of aromatic nitrogens is 1. The van der Waals surface area contributed by atoms with E-state index in [1.54, 1.807) is 0 Å². The van der Waals surface area contributed by atoms with Gasteiger partial charge in [0.2, 0.25) is 0 Å². The number of nitrogens with zero attached hydrogens (tertiary/aromatic N) is 1. The Labute approximate surface area is 140 Å². The molecule has 1 amide bonds. The lowest BCUT2D eigenvalue weighted by molar-refractivity contribution is -0.190. The lowest BCUT2D eigenvalue weighted by Gasteiger charge is -2.58. The first kappa shape index (κ1) is 17.0. The summed E-state index contributed by atoms with van der Waals surface area (Å²) in [6, 6.07) is 0. The number of rotatable bonds is 5. The highest BCUT2D eigenvalue weighted by atomic mass is 16.5. The van der Waals surface area contributed by atoms with Crippen LogP contribution in [0, 0.1) is 5.41 Å². The van der Waals surface area contributed by atoms with E-state index in [0.29, 0.717) is 6.61 Å². The van der Waals surface area contributed by atoms with Crippen molar-refractivity contribution in [1.29, 1.82) is 0 Å². The molecule has 7 nitrogen and oxygen atoms in total. The van der Waals surface area contributed by atoms with Crippen molar-refractivity contribution in [2.24, 2.45) is 5.41 Å². The number of carbonyl (C=O) groups is 2. The average molecular weight is 336 g/mol. The lowest BCUT2D eigenvalue weighted by Crippen LogP contribution is -2.76. The fourth-order valence-electron chi connectivity index (χ4n) is 3.85. The van der Waals surface area contributed by atoms with Gasteiger partial charge in [-0.2, -0.15) is 0 Å². The van der Waals surface area contributed by atoms with Crippen LogP contribution >= 0.6 is 0 Å². The van der Waals surface area contributed by atoms with E-state index < -0.39 is 22.8 Å². The molecule has 0 saturated heterocycles. The molecule has 0 aromatic carbocycles. The highest BCUT2D eigenvalue weighted by Crippen LogP contribution is 2.51. The summed E-state index contributed by atoms with van der Waals surface area (Å²) in [4.78, 5) is 24.7. The normalized spacial score (nSPS) is 27.9. The third-order valence-electron chi connectivity index (χ3n) is 5.62. The number of ether oxygens (including phenoxy) is 1. The molecule has 1 aromatic rings. The molecule has 132 valence electrons. The van der Waals surface area contributed by atoms with Crippen LogP contribution in [-0.2, 0) is 22.4 Å². The van der Waals surface area contributed by atoms with Gasteiger partial charge in [0.05, 0.1) is 6.10 Å². The van der Waals surface area contributed by atoms with Crippen LogP contribution in [0.25, 0.3) is 0 Å². The summed E-state index contributed by atoms with van der Waals surface area (Å²) in [5, 5.41) is 16.4. The minimum atomic E-state index is -1.36. The van der Waals surface area contributed by atoms with E-state index in [-0.39, 0.29) is 18.2 Å². The Morgan fingerprint density at radius 2 is 2.08 bits per heavy atom. The fraction of sp³-hybridized carbons (Fsp3) is 0.706. The minimum Gasteiger partial charge on any atom is -0.479 e. The molecule has 2 aliphatic carbocycles. The summed E-state index contributed by atoms with van der Waals surface area (Å²) in [5.74, 6) is -0.780. The van der Waals surface area contributed by atoms with Crippen molar-refractivity contribution >= 4 is 11.9 Å². The Hall–Kier alpha value is -1.89. The Balaban J connectivity index is 1.84. The Kier molecular flexibility index (Phi) is 4.15. The maximum absolute atomic E-state index is 12.7. The predicted molar refractivity (Wildman–Crippen MR) is 84.8 cm³/mol. The number of nitrogens with one attached hydrogen (secondary N) is 1. The molecule has 2 atom stereocenters. The summed E-state index contributed by atoms with van der Waals surface area (Å²) in [7, 11) is 0. The van der Waals surface area contributed by atoms with Gasteiger partial charge in [-0.25, -0.2) is 4.79 Å². The second-order valence-electron chi connectivity index (χ2n) is 7.17. The molecular weight excluding hydrogens is 312 g/mol. The van der Waals surface area contributed by atoms with Crippen molar-refractivity contribution in [3.8, 4) is 0 Å². The first-order valence-corrected chi connectivity index (χ1v) is 8.48. The zero-order valence-electron chi connectivity index (χ0n) is 14.3.